The second-order valence-electron chi connectivity index (χ2n) is 3.60. The summed E-state index contributed by atoms with van der Waals surface area (Å²) in [5, 5.41) is 2.47. The number of hydrogen-bond acceptors (Lipinski definition) is 3. The molecule has 0 radical (unpaired) electrons. The van der Waals surface area contributed by atoms with Crippen LogP contribution in [-0.4, -0.2) is 25.5 Å². The fourth-order valence-electron chi connectivity index (χ4n) is 1.30. The predicted molar refractivity (Wildman–Crippen MR) is 59.7 cm³/mol. The van der Waals surface area contributed by atoms with Gasteiger partial charge in [0.15, 0.2) is 11.6 Å². The van der Waals surface area contributed by atoms with Crippen LogP contribution in [0.25, 0.3) is 0 Å². The number of halogens is 2. The van der Waals surface area contributed by atoms with Gasteiger partial charge in [-0.2, -0.15) is 0 Å². The van der Waals surface area contributed by atoms with E-state index in [0.29, 0.717) is 5.56 Å². The van der Waals surface area contributed by atoms with Gasteiger partial charge in [-0.05, 0) is 17.7 Å². The maximum absolute atomic E-state index is 12.9. The van der Waals surface area contributed by atoms with Crippen LogP contribution in [0.1, 0.15) is 12.0 Å². The van der Waals surface area contributed by atoms with E-state index in [1.807, 2.05) is 0 Å². The molecule has 0 saturated heterocycles. The normalized spacial score (nSPS) is 9.94. The number of rotatable bonds is 5. The average molecular weight is 257 g/mol. The number of carbonyl (C=O) groups excluding carboxylic acids is 2. The first-order valence-corrected chi connectivity index (χ1v) is 5.30. The smallest absolute Gasteiger partial charge is 0.307 e. The van der Waals surface area contributed by atoms with Crippen molar-refractivity contribution in [3.63, 3.8) is 0 Å². The van der Waals surface area contributed by atoms with Gasteiger partial charge in [-0.3, -0.25) is 9.59 Å². The minimum absolute atomic E-state index is 0.0695. The monoisotopic (exact) mass is 257 g/mol. The molecule has 1 aromatic rings. The lowest BCUT2D eigenvalue weighted by molar-refractivity contribution is -0.140. The first-order valence-electron chi connectivity index (χ1n) is 5.30. The number of methoxy groups -OCH3 is 1. The Morgan fingerprint density at radius 1 is 1.28 bits per heavy atom. The van der Waals surface area contributed by atoms with E-state index < -0.39 is 17.6 Å². The summed E-state index contributed by atoms with van der Waals surface area (Å²) in [6, 6.07) is 3.26. The van der Waals surface area contributed by atoms with Crippen molar-refractivity contribution in [3.8, 4) is 0 Å². The van der Waals surface area contributed by atoms with E-state index in [4.69, 9.17) is 0 Å². The lowest BCUT2D eigenvalue weighted by Gasteiger charge is -2.05. The molecular formula is C12H13F2NO3. The lowest BCUT2D eigenvalue weighted by Crippen LogP contribution is -2.27. The van der Waals surface area contributed by atoms with E-state index in [1.165, 1.54) is 13.2 Å². The molecule has 1 amide bonds. The van der Waals surface area contributed by atoms with E-state index >= 15 is 0 Å². The summed E-state index contributed by atoms with van der Waals surface area (Å²) in [4.78, 5) is 22.2. The number of ether oxygens (including phenoxy) is 1. The molecule has 1 aromatic carbocycles. The number of carbonyl (C=O) groups is 2. The highest BCUT2D eigenvalue weighted by Gasteiger charge is 2.07. The molecule has 1 N–H and O–H groups in total. The molecule has 0 saturated carbocycles. The van der Waals surface area contributed by atoms with Crippen LogP contribution < -0.4 is 5.32 Å². The van der Waals surface area contributed by atoms with Gasteiger partial charge in [0.25, 0.3) is 0 Å². The summed E-state index contributed by atoms with van der Waals surface area (Å²) < 4.78 is 29.9. The molecule has 1 rings (SSSR count). The van der Waals surface area contributed by atoms with Gasteiger partial charge in [-0.15, -0.1) is 0 Å². The van der Waals surface area contributed by atoms with Crippen molar-refractivity contribution >= 4 is 11.9 Å². The molecule has 0 aromatic heterocycles. The Bertz CT molecular complexity index is 449. The zero-order valence-electron chi connectivity index (χ0n) is 9.83. The third-order valence-electron chi connectivity index (χ3n) is 2.23. The van der Waals surface area contributed by atoms with Crippen molar-refractivity contribution in [3.05, 3.63) is 35.4 Å². The Kier molecular flexibility index (Phi) is 5.23. The minimum atomic E-state index is -0.991. The molecule has 6 heteroatoms. The molecular weight excluding hydrogens is 244 g/mol. The highest BCUT2D eigenvalue weighted by molar-refractivity contribution is 5.79. The molecule has 0 atom stereocenters. The van der Waals surface area contributed by atoms with E-state index in [9.17, 15) is 18.4 Å². The van der Waals surface area contributed by atoms with Crippen LogP contribution in [0, 0.1) is 11.6 Å². The van der Waals surface area contributed by atoms with Crippen LogP contribution in [0.15, 0.2) is 18.2 Å². The van der Waals surface area contributed by atoms with Gasteiger partial charge in [-0.25, -0.2) is 8.78 Å². The molecule has 0 aliphatic carbocycles. The van der Waals surface area contributed by atoms with Crippen molar-refractivity contribution in [2.24, 2.45) is 0 Å². The van der Waals surface area contributed by atoms with Gasteiger partial charge < -0.3 is 10.1 Å². The van der Waals surface area contributed by atoms with Crippen molar-refractivity contribution in [1.82, 2.24) is 5.32 Å². The summed E-state index contributed by atoms with van der Waals surface area (Å²) in [5.74, 6) is -2.74. The molecule has 0 aliphatic rings. The van der Waals surface area contributed by atoms with Crippen LogP contribution in [0.2, 0.25) is 0 Å². The summed E-state index contributed by atoms with van der Waals surface area (Å²) in [5.41, 5.74) is 0.365. The molecule has 0 fully saturated rings. The quantitative estimate of drug-likeness (QED) is 0.806. The van der Waals surface area contributed by atoms with Crippen LogP contribution in [0.3, 0.4) is 0 Å². The molecule has 0 unspecified atom stereocenters. The van der Waals surface area contributed by atoms with E-state index in [2.05, 4.69) is 10.1 Å². The molecule has 98 valence electrons. The Morgan fingerprint density at radius 3 is 2.61 bits per heavy atom. The Balaban J connectivity index is 2.40. The second-order valence-corrected chi connectivity index (χ2v) is 3.60. The van der Waals surface area contributed by atoms with Crippen molar-refractivity contribution in [2.45, 2.75) is 12.8 Å². The van der Waals surface area contributed by atoms with E-state index in [-0.39, 0.29) is 25.3 Å². The maximum Gasteiger partial charge on any atom is 0.307 e. The second kappa shape index (κ2) is 6.68. The molecule has 0 aliphatic heterocycles. The fraction of sp³-hybridized carbons (Fsp3) is 0.333. The van der Waals surface area contributed by atoms with Gasteiger partial charge in [0, 0.05) is 6.54 Å². The van der Waals surface area contributed by atoms with E-state index in [0.717, 1.165) is 12.1 Å². The Hall–Kier alpha value is -1.98. The van der Waals surface area contributed by atoms with Gasteiger partial charge in [0.2, 0.25) is 5.91 Å². The van der Waals surface area contributed by atoms with E-state index in [1.54, 1.807) is 0 Å². The van der Waals surface area contributed by atoms with Gasteiger partial charge in [0.05, 0.1) is 20.0 Å². The first-order chi connectivity index (χ1) is 8.52. The van der Waals surface area contributed by atoms with Crippen LogP contribution in [-0.2, 0) is 20.7 Å². The SMILES string of the molecule is COC(=O)CCNC(=O)Cc1ccc(F)c(F)c1. The zero-order valence-corrected chi connectivity index (χ0v) is 9.83. The van der Waals surface area contributed by atoms with Gasteiger partial charge in [-0.1, -0.05) is 6.07 Å². The third kappa shape index (κ3) is 4.48. The first kappa shape index (κ1) is 14.1. The van der Waals surface area contributed by atoms with Crippen molar-refractivity contribution in [2.75, 3.05) is 13.7 Å². The molecule has 18 heavy (non-hydrogen) atoms. The summed E-state index contributed by atoms with van der Waals surface area (Å²) >= 11 is 0. The Morgan fingerprint density at radius 2 is 2.00 bits per heavy atom. The highest BCUT2D eigenvalue weighted by atomic mass is 19.2. The molecule has 4 nitrogen and oxygen atoms in total. The van der Waals surface area contributed by atoms with Gasteiger partial charge >= 0.3 is 5.97 Å². The third-order valence-corrected chi connectivity index (χ3v) is 2.23. The van der Waals surface area contributed by atoms with Crippen molar-refractivity contribution in [1.29, 1.82) is 0 Å². The number of amides is 1. The average Bonchev–Trinajstić information content (AvgIpc) is 2.33. The number of nitrogens with one attached hydrogen (secondary N) is 1. The number of esters is 1. The standard InChI is InChI=1S/C12H13F2NO3/c1-18-12(17)4-5-15-11(16)7-8-2-3-9(13)10(14)6-8/h2-3,6H,4-5,7H2,1H3,(H,15,16). The zero-order chi connectivity index (χ0) is 13.5. The van der Waals surface area contributed by atoms with Gasteiger partial charge in [0.1, 0.15) is 0 Å². The Labute approximate surface area is 103 Å². The number of hydrogen-bond donors (Lipinski definition) is 1. The van der Waals surface area contributed by atoms with Crippen LogP contribution in [0.4, 0.5) is 8.78 Å². The summed E-state index contributed by atoms with van der Waals surface area (Å²) in [7, 11) is 1.26. The minimum Gasteiger partial charge on any atom is -0.469 e. The topological polar surface area (TPSA) is 55.4 Å². The summed E-state index contributed by atoms with van der Waals surface area (Å²) in [6.07, 6.45) is -0.00160. The largest absolute Gasteiger partial charge is 0.469 e. The molecule has 0 heterocycles. The predicted octanol–water partition coefficient (Wildman–Crippen LogP) is 1.19. The molecule has 0 spiro atoms. The lowest BCUT2D eigenvalue weighted by atomic mass is 10.1. The van der Waals surface area contributed by atoms with Crippen LogP contribution in [0.5, 0.6) is 0 Å². The maximum atomic E-state index is 12.9. The fourth-order valence-corrected chi connectivity index (χ4v) is 1.30. The highest BCUT2D eigenvalue weighted by Crippen LogP contribution is 2.09. The summed E-state index contributed by atoms with van der Waals surface area (Å²) in [6.45, 7) is 0.148. The number of benzene rings is 1. The molecule has 0 bridgehead atoms. The van der Waals surface area contributed by atoms with Crippen LogP contribution >= 0.6 is 0 Å². The van der Waals surface area contributed by atoms with Crippen molar-refractivity contribution < 1.29 is 23.1 Å².